The number of aromatic nitrogens is 4. The zero-order chi connectivity index (χ0) is 24.5. The van der Waals surface area contributed by atoms with E-state index in [0.717, 1.165) is 44.1 Å². The van der Waals surface area contributed by atoms with Crippen molar-refractivity contribution < 1.29 is 10.2 Å². The van der Waals surface area contributed by atoms with Crippen LogP contribution in [0.25, 0.3) is 44.1 Å². The number of anilines is 2. The standard InChI is InChI=1S/C13H10ClN3O.C13H11N3O/c14-10-6-8(2-4-12(10)18)7-1-3-11-9(5-7)13(15)17-16-11;14-13-11-7-9(3-6-12(11)15-16-13)8-1-4-10(17)5-2-8/h1-6,18H,(H3,15,16,17);1-7,17H,(H3,14,15,16). The fraction of sp³-hybridized carbons (Fsp3) is 0. The molecule has 0 amide bonds. The van der Waals surface area contributed by atoms with Crippen LogP contribution in [0.15, 0.2) is 78.9 Å². The lowest BCUT2D eigenvalue weighted by Crippen LogP contribution is -1.84. The summed E-state index contributed by atoms with van der Waals surface area (Å²) in [6, 6.07) is 23.9. The van der Waals surface area contributed by atoms with Crippen molar-refractivity contribution in [2.24, 2.45) is 0 Å². The number of hydrogen-bond donors (Lipinski definition) is 6. The molecule has 8 N–H and O–H groups in total. The van der Waals surface area contributed by atoms with E-state index in [0.29, 0.717) is 16.7 Å². The van der Waals surface area contributed by atoms with Crippen molar-refractivity contribution in [3.63, 3.8) is 0 Å². The molecule has 0 atom stereocenters. The Morgan fingerprint density at radius 3 is 1.60 bits per heavy atom. The number of aromatic amines is 2. The number of phenols is 2. The van der Waals surface area contributed by atoms with Crippen molar-refractivity contribution in [2.45, 2.75) is 0 Å². The maximum absolute atomic E-state index is 9.41. The molecule has 0 saturated heterocycles. The maximum Gasteiger partial charge on any atom is 0.153 e. The summed E-state index contributed by atoms with van der Waals surface area (Å²) in [7, 11) is 0. The molecule has 6 rings (SSSR count). The van der Waals surface area contributed by atoms with Gasteiger partial charge in [-0.15, -0.1) is 0 Å². The Labute approximate surface area is 204 Å². The van der Waals surface area contributed by atoms with Crippen LogP contribution in [0.5, 0.6) is 11.5 Å². The van der Waals surface area contributed by atoms with Crippen LogP contribution in [-0.4, -0.2) is 30.6 Å². The minimum absolute atomic E-state index is 0.0734. The summed E-state index contributed by atoms with van der Waals surface area (Å²) in [5.74, 6) is 1.30. The van der Waals surface area contributed by atoms with Gasteiger partial charge in [0.15, 0.2) is 11.6 Å². The third-order valence-corrected chi connectivity index (χ3v) is 5.97. The third kappa shape index (κ3) is 4.42. The molecular formula is C26H21ClN6O2. The van der Waals surface area contributed by atoms with Crippen LogP contribution in [0.2, 0.25) is 5.02 Å². The summed E-state index contributed by atoms with van der Waals surface area (Å²) in [6.45, 7) is 0. The second kappa shape index (κ2) is 8.92. The number of H-pyrrole nitrogens is 2. The molecule has 174 valence electrons. The van der Waals surface area contributed by atoms with Gasteiger partial charge in [0, 0.05) is 10.8 Å². The second-order valence-corrected chi connectivity index (χ2v) is 8.36. The quantitative estimate of drug-likeness (QED) is 0.186. The molecule has 0 aliphatic heterocycles. The normalized spacial score (nSPS) is 10.9. The van der Waals surface area contributed by atoms with E-state index in [4.69, 9.17) is 23.1 Å². The van der Waals surface area contributed by atoms with Crippen molar-refractivity contribution >= 4 is 45.0 Å². The fourth-order valence-electron chi connectivity index (χ4n) is 3.77. The molecule has 0 bridgehead atoms. The van der Waals surface area contributed by atoms with E-state index in [1.807, 2.05) is 48.5 Å². The van der Waals surface area contributed by atoms with Crippen LogP contribution < -0.4 is 11.5 Å². The van der Waals surface area contributed by atoms with Gasteiger partial charge in [0.25, 0.3) is 0 Å². The van der Waals surface area contributed by atoms with Crippen molar-refractivity contribution in [2.75, 3.05) is 11.5 Å². The highest BCUT2D eigenvalue weighted by Crippen LogP contribution is 2.31. The molecule has 0 aliphatic carbocycles. The number of aromatic hydroxyl groups is 2. The summed E-state index contributed by atoms with van der Waals surface area (Å²) in [6.07, 6.45) is 0. The topological polar surface area (TPSA) is 150 Å². The Balaban J connectivity index is 0.000000145. The van der Waals surface area contributed by atoms with Crippen molar-refractivity contribution in [1.82, 2.24) is 20.4 Å². The largest absolute Gasteiger partial charge is 0.508 e. The van der Waals surface area contributed by atoms with E-state index in [9.17, 15) is 10.2 Å². The highest BCUT2D eigenvalue weighted by Gasteiger charge is 2.07. The summed E-state index contributed by atoms with van der Waals surface area (Å²) < 4.78 is 0. The number of halogens is 1. The molecule has 0 spiro atoms. The van der Waals surface area contributed by atoms with Crippen LogP contribution in [-0.2, 0) is 0 Å². The van der Waals surface area contributed by atoms with Gasteiger partial charge in [-0.1, -0.05) is 41.9 Å². The molecule has 9 heteroatoms. The van der Waals surface area contributed by atoms with E-state index in [1.54, 1.807) is 30.3 Å². The van der Waals surface area contributed by atoms with Gasteiger partial charge in [0.2, 0.25) is 0 Å². The summed E-state index contributed by atoms with van der Waals surface area (Å²) in [5, 5.41) is 34.4. The average Bonchev–Trinajstić information content (AvgIpc) is 3.43. The maximum atomic E-state index is 9.41. The SMILES string of the molecule is Nc1n[nH]c2ccc(-c3ccc(O)c(Cl)c3)cc12.Nc1n[nH]c2ccc(-c3ccc(O)cc3)cc12. The van der Waals surface area contributed by atoms with Gasteiger partial charge in [-0.3, -0.25) is 10.2 Å². The van der Waals surface area contributed by atoms with Gasteiger partial charge in [-0.2, -0.15) is 10.2 Å². The predicted octanol–water partition coefficient (Wildman–Crippen LogP) is 5.69. The first-order valence-electron chi connectivity index (χ1n) is 10.6. The molecular weight excluding hydrogens is 464 g/mol. The number of nitrogens with two attached hydrogens (primary N) is 2. The van der Waals surface area contributed by atoms with E-state index >= 15 is 0 Å². The zero-order valence-corrected chi connectivity index (χ0v) is 19.1. The van der Waals surface area contributed by atoms with Gasteiger partial charge < -0.3 is 21.7 Å². The van der Waals surface area contributed by atoms with Gasteiger partial charge >= 0.3 is 0 Å². The number of phenolic OH excluding ortho intramolecular Hbond substituents is 2. The third-order valence-electron chi connectivity index (χ3n) is 5.67. The summed E-state index contributed by atoms with van der Waals surface area (Å²) in [4.78, 5) is 0. The van der Waals surface area contributed by atoms with E-state index in [1.165, 1.54) is 0 Å². The zero-order valence-electron chi connectivity index (χ0n) is 18.3. The Kier molecular flexibility index (Phi) is 5.64. The van der Waals surface area contributed by atoms with Gasteiger partial charge in [-0.05, 0) is 70.8 Å². The van der Waals surface area contributed by atoms with Crippen LogP contribution in [0.1, 0.15) is 0 Å². The second-order valence-electron chi connectivity index (χ2n) is 7.95. The molecule has 4 aromatic carbocycles. The first-order chi connectivity index (χ1) is 16.9. The van der Waals surface area contributed by atoms with E-state index in [-0.39, 0.29) is 11.5 Å². The predicted molar refractivity (Wildman–Crippen MR) is 140 cm³/mol. The number of nitrogens with one attached hydrogen (secondary N) is 2. The summed E-state index contributed by atoms with van der Waals surface area (Å²) in [5.41, 5.74) is 17.3. The first kappa shape index (κ1) is 22.1. The monoisotopic (exact) mass is 484 g/mol. The smallest absolute Gasteiger partial charge is 0.153 e. The van der Waals surface area contributed by atoms with Crippen LogP contribution in [0.3, 0.4) is 0 Å². The summed E-state index contributed by atoms with van der Waals surface area (Å²) >= 11 is 5.90. The number of benzene rings is 4. The molecule has 2 aromatic heterocycles. The lowest BCUT2D eigenvalue weighted by atomic mass is 10.0. The van der Waals surface area contributed by atoms with Crippen molar-refractivity contribution in [1.29, 1.82) is 0 Å². The fourth-order valence-corrected chi connectivity index (χ4v) is 3.95. The van der Waals surface area contributed by atoms with E-state index in [2.05, 4.69) is 20.4 Å². The lowest BCUT2D eigenvalue weighted by molar-refractivity contribution is 0.475. The average molecular weight is 485 g/mol. The number of nitrogens with zero attached hydrogens (tertiary/aromatic N) is 2. The molecule has 8 nitrogen and oxygen atoms in total. The Morgan fingerprint density at radius 1 is 0.600 bits per heavy atom. The highest BCUT2D eigenvalue weighted by atomic mass is 35.5. The minimum Gasteiger partial charge on any atom is -0.508 e. The van der Waals surface area contributed by atoms with E-state index < -0.39 is 0 Å². The molecule has 0 radical (unpaired) electrons. The number of rotatable bonds is 2. The molecule has 0 saturated carbocycles. The highest BCUT2D eigenvalue weighted by molar-refractivity contribution is 6.32. The van der Waals surface area contributed by atoms with Gasteiger partial charge in [-0.25, -0.2) is 0 Å². The number of nitrogen functional groups attached to an aromatic ring is 2. The number of fused-ring (bicyclic) bond motifs is 2. The minimum atomic E-state index is 0.0734. The van der Waals surface area contributed by atoms with Crippen LogP contribution >= 0.6 is 11.6 Å². The Bertz CT molecular complexity index is 1660. The van der Waals surface area contributed by atoms with Gasteiger partial charge in [0.05, 0.1) is 16.1 Å². The Morgan fingerprint density at radius 2 is 1.06 bits per heavy atom. The molecule has 6 aromatic rings. The lowest BCUT2D eigenvalue weighted by Gasteiger charge is -2.04. The van der Waals surface area contributed by atoms with Gasteiger partial charge in [0.1, 0.15) is 11.5 Å². The van der Waals surface area contributed by atoms with Crippen LogP contribution in [0.4, 0.5) is 11.6 Å². The Hall–Kier alpha value is -4.69. The van der Waals surface area contributed by atoms with Crippen molar-refractivity contribution in [3.8, 4) is 33.8 Å². The molecule has 0 aliphatic rings. The molecule has 0 unspecified atom stereocenters. The van der Waals surface area contributed by atoms with Crippen LogP contribution in [0, 0.1) is 0 Å². The number of hydrogen-bond acceptors (Lipinski definition) is 6. The molecule has 0 fully saturated rings. The first-order valence-corrected chi connectivity index (χ1v) is 11.0. The molecule has 35 heavy (non-hydrogen) atoms. The molecule has 2 heterocycles. The van der Waals surface area contributed by atoms with Crippen molar-refractivity contribution in [3.05, 3.63) is 83.9 Å².